The van der Waals surface area contributed by atoms with Gasteiger partial charge < -0.3 is 20.1 Å². The van der Waals surface area contributed by atoms with E-state index in [2.05, 4.69) is 22.3 Å². The van der Waals surface area contributed by atoms with E-state index in [-0.39, 0.29) is 5.91 Å². The lowest BCUT2D eigenvalue weighted by Crippen LogP contribution is -2.46. The van der Waals surface area contributed by atoms with E-state index < -0.39 is 5.60 Å². The summed E-state index contributed by atoms with van der Waals surface area (Å²) in [6.45, 7) is 3.85. The molecule has 3 aromatic carbocycles. The summed E-state index contributed by atoms with van der Waals surface area (Å²) in [5.41, 5.74) is 2.33. The first-order valence-electron chi connectivity index (χ1n) is 12.1. The van der Waals surface area contributed by atoms with E-state index in [1.165, 1.54) is 5.56 Å². The molecule has 4 rings (SSSR count). The van der Waals surface area contributed by atoms with E-state index in [0.29, 0.717) is 25.1 Å². The Balaban J connectivity index is 1.12. The molecule has 1 aliphatic heterocycles. The quantitative estimate of drug-likeness (QED) is 0.441. The minimum absolute atomic E-state index is 0.0644. The van der Waals surface area contributed by atoms with Gasteiger partial charge >= 0.3 is 0 Å². The number of carbonyl (C=O) groups excluding carboxylic acids is 1. The highest BCUT2D eigenvalue weighted by Crippen LogP contribution is 2.26. The van der Waals surface area contributed by atoms with Crippen molar-refractivity contribution in [2.75, 3.05) is 26.2 Å². The molecule has 3 aromatic rings. The molecule has 1 aliphatic rings. The molecule has 1 heterocycles. The van der Waals surface area contributed by atoms with Crippen molar-refractivity contribution in [2.45, 2.75) is 37.9 Å². The number of amides is 1. The summed E-state index contributed by atoms with van der Waals surface area (Å²) < 4.78 is 5.79. The van der Waals surface area contributed by atoms with Crippen molar-refractivity contribution in [3.63, 3.8) is 0 Å². The average molecular weight is 459 g/mol. The highest BCUT2D eigenvalue weighted by molar-refractivity contribution is 5.94. The predicted octanol–water partition coefficient (Wildman–Crippen LogP) is 4.46. The van der Waals surface area contributed by atoms with Crippen LogP contribution < -0.4 is 10.1 Å². The Morgan fingerprint density at radius 1 is 0.882 bits per heavy atom. The van der Waals surface area contributed by atoms with Gasteiger partial charge in [-0.15, -0.1) is 0 Å². The maximum atomic E-state index is 12.4. The number of likely N-dealkylation sites (tertiary alicyclic amines) is 1. The van der Waals surface area contributed by atoms with Crippen LogP contribution in [-0.4, -0.2) is 47.7 Å². The van der Waals surface area contributed by atoms with Gasteiger partial charge in [-0.3, -0.25) is 4.79 Å². The second kappa shape index (κ2) is 11.8. The zero-order chi connectivity index (χ0) is 23.6. The smallest absolute Gasteiger partial charge is 0.251 e. The number of benzene rings is 3. The summed E-state index contributed by atoms with van der Waals surface area (Å²) in [6, 6.07) is 27.5. The third-order valence-electron chi connectivity index (χ3n) is 6.46. The van der Waals surface area contributed by atoms with Gasteiger partial charge in [0.1, 0.15) is 12.4 Å². The zero-order valence-corrected chi connectivity index (χ0v) is 19.7. The molecule has 0 spiro atoms. The van der Waals surface area contributed by atoms with Crippen LogP contribution >= 0.6 is 0 Å². The maximum Gasteiger partial charge on any atom is 0.251 e. The number of nitrogens with zero attached hydrogens (tertiary/aromatic N) is 1. The van der Waals surface area contributed by atoms with Crippen LogP contribution in [0.5, 0.6) is 5.75 Å². The number of hydrogen-bond acceptors (Lipinski definition) is 4. The van der Waals surface area contributed by atoms with Crippen LogP contribution in [0, 0.1) is 0 Å². The van der Waals surface area contributed by atoms with Crippen LogP contribution in [0.15, 0.2) is 84.9 Å². The standard InChI is InChI=1S/C29H34N2O3/c32-28(26-12-14-27(15-13-26)34-23-25-10-5-2-6-11-25)30-18-7-19-31-20-16-29(33,17-21-31)22-24-8-3-1-4-9-24/h1-6,8-15,33H,7,16-23H2,(H,30,32). The van der Waals surface area contributed by atoms with Crippen molar-refractivity contribution in [1.29, 1.82) is 0 Å². The molecular formula is C29H34N2O3. The van der Waals surface area contributed by atoms with Gasteiger partial charge in [0.15, 0.2) is 0 Å². The van der Waals surface area contributed by atoms with Crippen molar-refractivity contribution in [1.82, 2.24) is 10.2 Å². The number of carbonyl (C=O) groups is 1. The average Bonchev–Trinajstić information content (AvgIpc) is 2.88. The number of rotatable bonds is 10. The van der Waals surface area contributed by atoms with Gasteiger partial charge in [0.05, 0.1) is 5.60 Å². The summed E-state index contributed by atoms with van der Waals surface area (Å²) in [7, 11) is 0. The van der Waals surface area contributed by atoms with Crippen molar-refractivity contribution in [3.05, 3.63) is 102 Å². The largest absolute Gasteiger partial charge is 0.489 e. The normalized spacial score (nSPS) is 15.6. The zero-order valence-electron chi connectivity index (χ0n) is 19.7. The van der Waals surface area contributed by atoms with Crippen molar-refractivity contribution in [3.8, 4) is 5.75 Å². The van der Waals surface area contributed by atoms with Gasteiger partial charge in [0, 0.05) is 31.6 Å². The highest BCUT2D eigenvalue weighted by Gasteiger charge is 2.32. The van der Waals surface area contributed by atoms with Crippen molar-refractivity contribution >= 4 is 5.91 Å². The first kappa shape index (κ1) is 24.0. The molecule has 1 fully saturated rings. The SMILES string of the molecule is O=C(NCCCN1CCC(O)(Cc2ccccc2)CC1)c1ccc(OCc2ccccc2)cc1. The Morgan fingerprint density at radius 2 is 1.50 bits per heavy atom. The van der Waals surface area contributed by atoms with Gasteiger partial charge in [0.25, 0.3) is 5.91 Å². The first-order chi connectivity index (χ1) is 16.6. The predicted molar refractivity (Wildman–Crippen MR) is 135 cm³/mol. The van der Waals surface area contributed by atoms with E-state index in [1.54, 1.807) is 12.1 Å². The van der Waals surface area contributed by atoms with Gasteiger partial charge in [0.2, 0.25) is 0 Å². The molecule has 1 amide bonds. The van der Waals surface area contributed by atoms with Gasteiger partial charge in [-0.25, -0.2) is 0 Å². The molecule has 2 N–H and O–H groups in total. The summed E-state index contributed by atoms with van der Waals surface area (Å²) in [5, 5.41) is 13.9. The number of nitrogens with one attached hydrogen (secondary N) is 1. The Kier molecular flexibility index (Phi) is 8.34. The fourth-order valence-corrected chi connectivity index (χ4v) is 4.40. The molecule has 178 valence electrons. The second-order valence-electron chi connectivity index (χ2n) is 9.14. The number of aliphatic hydroxyl groups is 1. The Morgan fingerprint density at radius 3 is 2.15 bits per heavy atom. The summed E-state index contributed by atoms with van der Waals surface area (Å²) in [4.78, 5) is 14.8. The molecule has 1 saturated heterocycles. The molecule has 0 unspecified atom stereocenters. The third kappa shape index (κ3) is 7.17. The summed E-state index contributed by atoms with van der Waals surface area (Å²) >= 11 is 0. The Hall–Kier alpha value is -3.15. The molecule has 0 atom stereocenters. The topological polar surface area (TPSA) is 61.8 Å². The molecule has 0 aliphatic carbocycles. The minimum atomic E-state index is -0.608. The second-order valence-corrected chi connectivity index (χ2v) is 9.14. The number of piperidine rings is 1. The fourth-order valence-electron chi connectivity index (χ4n) is 4.40. The molecule has 0 saturated carbocycles. The lowest BCUT2D eigenvalue weighted by Gasteiger charge is -2.38. The summed E-state index contributed by atoms with van der Waals surface area (Å²) in [5.74, 6) is 0.684. The molecule has 0 aromatic heterocycles. The van der Waals surface area contributed by atoms with E-state index in [1.807, 2.05) is 60.7 Å². The Labute approximate surface area is 202 Å². The molecule has 34 heavy (non-hydrogen) atoms. The lowest BCUT2D eigenvalue weighted by molar-refractivity contribution is -0.0206. The van der Waals surface area contributed by atoms with Crippen molar-refractivity contribution in [2.24, 2.45) is 0 Å². The van der Waals surface area contributed by atoms with Crippen molar-refractivity contribution < 1.29 is 14.6 Å². The molecule has 5 heteroatoms. The fraction of sp³-hybridized carbons (Fsp3) is 0.345. The van der Waals surface area contributed by atoms with Crippen LogP contribution in [-0.2, 0) is 13.0 Å². The van der Waals surface area contributed by atoms with Gasteiger partial charge in [-0.2, -0.15) is 0 Å². The van der Waals surface area contributed by atoms with Gasteiger partial charge in [-0.1, -0.05) is 60.7 Å². The summed E-state index contributed by atoms with van der Waals surface area (Å²) in [6.07, 6.45) is 3.18. The molecule has 0 bridgehead atoms. The van der Waals surface area contributed by atoms with E-state index in [0.717, 1.165) is 50.2 Å². The van der Waals surface area contributed by atoms with Crippen LogP contribution in [0.25, 0.3) is 0 Å². The molecular weight excluding hydrogens is 424 g/mol. The Bertz CT molecular complexity index is 1010. The number of hydrogen-bond donors (Lipinski definition) is 2. The van der Waals surface area contributed by atoms with E-state index >= 15 is 0 Å². The third-order valence-corrected chi connectivity index (χ3v) is 6.46. The number of ether oxygens (including phenoxy) is 1. The van der Waals surface area contributed by atoms with E-state index in [9.17, 15) is 9.90 Å². The van der Waals surface area contributed by atoms with Crippen LogP contribution in [0.4, 0.5) is 0 Å². The highest BCUT2D eigenvalue weighted by atomic mass is 16.5. The minimum Gasteiger partial charge on any atom is -0.489 e. The molecule has 0 radical (unpaired) electrons. The van der Waals surface area contributed by atoms with Crippen LogP contribution in [0.1, 0.15) is 40.7 Å². The maximum absolute atomic E-state index is 12.4. The molecule has 5 nitrogen and oxygen atoms in total. The lowest BCUT2D eigenvalue weighted by atomic mass is 9.85. The van der Waals surface area contributed by atoms with E-state index in [4.69, 9.17) is 4.74 Å². The first-order valence-corrected chi connectivity index (χ1v) is 12.1. The van der Waals surface area contributed by atoms with Crippen LogP contribution in [0.3, 0.4) is 0 Å². The monoisotopic (exact) mass is 458 g/mol. The van der Waals surface area contributed by atoms with Crippen LogP contribution in [0.2, 0.25) is 0 Å². The van der Waals surface area contributed by atoms with Gasteiger partial charge in [-0.05, 0) is 61.2 Å².